The molecule has 0 aromatic heterocycles. The molecule has 1 aromatic rings. The van der Waals surface area contributed by atoms with Gasteiger partial charge in [-0.2, -0.15) is 0 Å². The average molecular weight is 192 g/mol. The van der Waals surface area contributed by atoms with Gasteiger partial charge in [-0.05, 0) is 31.5 Å². The van der Waals surface area contributed by atoms with Gasteiger partial charge in [0.25, 0.3) is 0 Å². The normalized spacial score (nSPS) is 9.57. The van der Waals surface area contributed by atoms with Gasteiger partial charge in [0.1, 0.15) is 6.29 Å². The van der Waals surface area contributed by atoms with Crippen molar-refractivity contribution in [3.63, 3.8) is 0 Å². The third kappa shape index (κ3) is 2.19. The molecule has 0 unspecified atom stereocenters. The molecule has 74 valence electrons. The van der Waals surface area contributed by atoms with E-state index in [2.05, 4.69) is 0 Å². The molecule has 0 N–H and O–H groups in total. The third-order valence-corrected chi connectivity index (χ3v) is 1.92. The number of benzene rings is 1. The molecule has 1 aromatic carbocycles. The Morgan fingerprint density at radius 2 is 2.21 bits per heavy atom. The smallest absolute Gasteiger partial charge is 0.338 e. The summed E-state index contributed by atoms with van der Waals surface area (Å²) in [5.41, 5.74) is 1.79. The van der Waals surface area contributed by atoms with Crippen LogP contribution in [0.15, 0.2) is 18.2 Å². The van der Waals surface area contributed by atoms with Gasteiger partial charge in [0.05, 0.1) is 12.2 Å². The Morgan fingerprint density at radius 1 is 1.50 bits per heavy atom. The van der Waals surface area contributed by atoms with E-state index >= 15 is 0 Å². The molecule has 3 nitrogen and oxygen atoms in total. The Kier molecular flexibility index (Phi) is 3.40. The maximum absolute atomic E-state index is 11.3. The van der Waals surface area contributed by atoms with Gasteiger partial charge in [-0.1, -0.05) is 6.07 Å². The summed E-state index contributed by atoms with van der Waals surface area (Å²) >= 11 is 0. The SMILES string of the molecule is CCOC(=O)c1ccc(C)c(C=O)c1. The van der Waals surface area contributed by atoms with Crippen LogP contribution < -0.4 is 0 Å². The van der Waals surface area contributed by atoms with Crippen LogP contribution in [0.4, 0.5) is 0 Å². The Morgan fingerprint density at radius 3 is 2.79 bits per heavy atom. The Bertz CT molecular complexity index is 356. The van der Waals surface area contributed by atoms with Crippen LogP contribution in [0.25, 0.3) is 0 Å². The largest absolute Gasteiger partial charge is 0.462 e. The Balaban J connectivity index is 3.00. The maximum Gasteiger partial charge on any atom is 0.338 e. The molecule has 0 spiro atoms. The molecule has 1 rings (SSSR count). The van der Waals surface area contributed by atoms with Crippen LogP contribution in [0.1, 0.15) is 33.2 Å². The van der Waals surface area contributed by atoms with E-state index in [-0.39, 0.29) is 0 Å². The van der Waals surface area contributed by atoms with E-state index in [4.69, 9.17) is 4.74 Å². The molecular weight excluding hydrogens is 180 g/mol. The lowest BCUT2D eigenvalue weighted by molar-refractivity contribution is 0.0526. The highest BCUT2D eigenvalue weighted by atomic mass is 16.5. The quantitative estimate of drug-likeness (QED) is 0.543. The van der Waals surface area contributed by atoms with Gasteiger partial charge in [-0.3, -0.25) is 4.79 Å². The molecule has 0 bridgehead atoms. The van der Waals surface area contributed by atoms with Gasteiger partial charge >= 0.3 is 5.97 Å². The lowest BCUT2D eigenvalue weighted by Crippen LogP contribution is -2.05. The van der Waals surface area contributed by atoms with E-state index < -0.39 is 5.97 Å². The molecule has 0 aliphatic rings. The molecule has 0 atom stereocenters. The molecular formula is C11H12O3. The molecule has 0 aliphatic carbocycles. The van der Waals surface area contributed by atoms with Crippen LogP contribution in [0, 0.1) is 6.92 Å². The topological polar surface area (TPSA) is 43.4 Å². The van der Waals surface area contributed by atoms with Crippen molar-refractivity contribution in [1.29, 1.82) is 0 Å². The van der Waals surface area contributed by atoms with Gasteiger partial charge in [-0.15, -0.1) is 0 Å². The summed E-state index contributed by atoms with van der Waals surface area (Å²) in [5.74, 6) is -0.393. The predicted octanol–water partition coefficient (Wildman–Crippen LogP) is 1.98. The second-order valence-electron chi connectivity index (χ2n) is 2.91. The zero-order chi connectivity index (χ0) is 10.6. The van der Waals surface area contributed by atoms with Crippen LogP contribution in [0.2, 0.25) is 0 Å². The molecule has 0 fully saturated rings. The number of rotatable bonds is 3. The van der Waals surface area contributed by atoms with Crippen molar-refractivity contribution in [2.75, 3.05) is 6.61 Å². The lowest BCUT2D eigenvalue weighted by Gasteiger charge is -2.03. The van der Waals surface area contributed by atoms with Gasteiger partial charge in [0, 0.05) is 5.56 Å². The predicted molar refractivity (Wildman–Crippen MR) is 52.5 cm³/mol. The highest BCUT2D eigenvalue weighted by Gasteiger charge is 2.07. The second-order valence-corrected chi connectivity index (χ2v) is 2.91. The standard InChI is InChI=1S/C11H12O3/c1-3-14-11(13)9-5-4-8(2)10(6-9)7-12/h4-7H,3H2,1-2H3. The third-order valence-electron chi connectivity index (χ3n) is 1.92. The number of carbonyl (C=O) groups excluding carboxylic acids is 2. The summed E-state index contributed by atoms with van der Waals surface area (Å²) in [6, 6.07) is 4.93. The number of ether oxygens (including phenoxy) is 1. The van der Waals surface area contributed by atoms with Crippen molar-refractivity contribution < 1.29 is 14.3 Å². The molecule has 0 saturated heterocycles. The summed E-state index contributed by atoms with van der Waals surface area (Å²) in [6.07, 6.45) is 0.734. The molecule has 0 saturated carbocycles. The fourth-order valence-electron chi connectivity index (χ4n) is 1.11. The van der Waals surface area contributed by atoms with E-state index in [1.54, 1.807) is 25.1 Å². The van der Waals surface area contributed by atoms with E-state index in [1.165, 1.54) is 0 Å². The molecule has 0 radical (unpaired) electrons. The zero-order valence-electron chi connectivity index (χ0n) is 8.24. The van der Waals surface area contributed by atoms with Crippen molar-refractivity contribution in [1.82, 2.24) is 0 Å². The molecule has 0 amide bonds. The number of carbonyl (C=O) groups is 2. The average Bonchev–Trinajstić information content (AvgIpc) is 2.19. The van der Waals surface area contributed by atoms with Crippen molar-refractivity contribution >= 4 is 12.3 Å². The van der Waals surface area contributed by atoms with Crippen molar-refractivity contribution in [3.8, 4) is 0 Å². The Labute approximate surface area is 82.7 Å². The minimum Gasteiger partial charge on any atom is -0.462 e. The minimum absolute atomic E-state index is 0.336. The van der Waals surface area contributed by atoms with Gasteiger partial charge in [-0.25, -0.2) is 4.79 Å². The van der Waals surface area contributed by atoms with Crippen LogP contribution in [0.3, 0.4) is 0 Å². The van der Waals surface area contributed by atoms with Crippen molar-refractivity contribution in [2.24, 2.45) is 0 Å². The van der Waals surface area contributed by atoms with Crippen molar-refractivity contribution in [2.45, 2.75) is 13.8 Å². The van der Waals surface area contributed by atoms with Crippen LogP contribution in [-0.4, -0.2) is 18.9 Å². The number of esters is 1. The summed E-state index contributed by atoms with van der Waals surface area (Å²) in [5, 5.41) is 0. The molecule has 0 heterocycles. The number of hydrogen-bond donors (Lipinski definition) is 0. The summed E-state index contributed by atoms with van der Waals surface area (Å²) < 4.78 is 4.81. The van der Waals surface area contributed by atoms with E-state index in [0.717, 1.165) is 11.8 Å². The number of aldehydes is 1. The Hall–Kier alpha value is -1.64. The van der Waals surface area contributed by atoms with E-state index in [1.807, 2.05) is 6.92 Å². The zero-order valence-corrected chi connectivity index (χ0v) is 8.24. The molecule has 3 heteroatoms. The first-order chi connectivity index (χ1) is 6.69. The minimum atomic E-state index is -0.393. The van der Waals surface area contributed by atoms with Gasteiger partial charge in [0.2, 0.25) is 0 Å². The first-order valence-electron chi connectivity index (χ1n) is 4.42. The van der Waals surface area contributed by atoms with E-state index in [9.17, 15) is 9.59 Å². The van der Waals surface area contributed by atoms with Gasteiger partial charge in [0.15, 0.2) is 0 Å². The summed E-state index contributed by atoms with van der Waals surface area (Å²) in [6.45, 7) is 3.90. The second kappa shape index (κ2) is 4.56. The van der Waals surface area contributed by atoms with Gasteiger partial charge < -0.3 is 4.74 Å². The fourth-order valence-corrected chi connectivity index (χ4v) is 1.11. The lowest BCUT2D eigenvalue weighted by atomic mass is 10.1. The fraction of sp³-hybridized carbons (Fsp3) is 0.273. The summed E-state index contributed by atoms with van der Waals surface area (Å²) in [7, 11) is 0. The maximum atomic E-state index is 11.3. The molecule has 14 heavy (non-hydrogen) atoms. The van der Waals surface area contributed by atoms with Crippen LogP contribution in [-0.2, 0) is 4.74 Å². The van der Waals surface area contributed by atoms with Crippen LogP contribution >= 0.6 is 0 Å². The highest BCUT2D eigenvalue weighted by Crippen LogP contribution is 2.10. The molecule has 0 aliphatic heterocycles. The first-order valence-corrected chi connectivity index (χ1v) is 4.42. The number of hydrogen-bond acceptors (Lipinski definition) is 3. The number of aryl methyl sites for hydroxylation is 1. The highest BCUT2D eigenvalue weighted by molar-refractivity contribution is 5.92. The van der Waals surface area contributed by atoms with Crippen molar-refractivity contribution in [3.05, 3.63) is 34.9 Å². The van der Waals surface area contributed by atoms with E-state index in [0.29, 0.717) is 17.7 Å². The first kappa shape index (κ1) is 10.4. The monoisotopic (exact) mass is 192 g/mol. The van der Waals surface area contributed by atoms with Crippen LogP contribution in [0.5, 0.6) is 0 Å². The summed E-state index contributed by atoms with van der Waals surface area (Å²) in [4.78, 5) is 21.9.